The van der Waals surface area contributed by atoms with Crippen LogP contribution in [0, 0.1) is 0 Å². The van der Waals surface area contributed by atoms with E-state index in [2.05, 4.69) is 105 Å². The minimum absolute atomic E-state index is 0.940. The van der Waals surface area contributed by atoms with Crippen LogP contribution in [0.2, 0.25) is 0 Å². The van der Waals surface area contributed by atoms with E-state index in [0.29, 0.717) is 0 Å². The first-order valence-corrected chi connectivity index (χ1v) is 12.2. The van der Waals surface area contributed by atoms with Gasteiger partial charge < -0.3 is 4.42 Å². The van der Waals surface area contributed by atoms with E-state index in [-0.39, 0.29) is 0 Å². The van der Waals surface area contributed by atoms with Gasteiger partial charge >= 0.3 is 0 Å². The smallest absolute Gasteiger partial charge is 0.149 e. The highest BCUT2D eigenvalue weighted by Gasteiger charge is 2.15. The first-order chi connectivity index (χ1) is 14.2. The van der Waals surface area contributed by atoms with E-state index in [0.717, 1.165) is 40.7 Å². The Morgan fingerprint density at radius 2 is 1.00 bits per heavy atom. The van der Waals surface area contributed by atoms with Crippen molar-refractivity contribution in [2.24, 2.45) is 0 Å². The minimum atomic E-state index is 0.940. The van der Waals surface area contributed by atoms with Crippen LogP contribution in [0.5, 0.6) is 0 Å². The van der Waals surface area contributed by atoms with Crippen LogP contribution < -0.4 is 0 Å². The number of rotatable bonds is 4. The van der Waals surface area contributed by atoms with Gasteiger partial charge in [0.2, 0.25) is 0 Å². The fourth-order valence-electron chi connectivity index (χ4n) is 3.24. The van der Waals surface area contributed by atoms with E-state index >= 15 is 0 Å². The molecule has 142 valence electrons. The van der Waals surface area contributed by atoms with Gasteiger partial charge in [0.05, 0.1) is 9.79 Å². The van der Waals surface area contributed by atoms with Crippen LogP contribution in [-0.2, 0) is 0 Å². The Labute approximate surface area is 194 Å². The lowest BCUT2D eigenvalue weighted by Crippen LogP contribution is -1.75. The summed E-state index contributed by atoms with van der Waals surface area (Å²) in [4.78, 5) is 4.59. The second-order valence-electron chi connectivity index (χ2n) is 6.49. The van der Waals surface area contributed by atoms with Crippen molar-refractivity contribution < 1.29 is 4.42 Å². The zero-order chi connectivity index (χ0) is 19.8. The quantitative estimate of drug-likeness (QED) is 0.225. The molecular weight excluding hydrogens is 528 g/mol. The van der Waals surface area contributed by atoms with E-state index in [1.165, 1.54) is 9.79 Å². The summed E-state index contributed by atoms with van der Waals surface area (Å²) in [5, 5.41) is 2.30. The van der Waals surface area contributed by atoms with Crippen molar-refractivity contribution in [3.05, 3.63) is 93.9 Å². The number of halogens is 2. The number of furan rings is 1. The molecule has 0 spiro atoms. The summed E-state index contributed by atoms with van der Waals surface area (Å²) < 4.78 is 8.61. The van der Waals surface area contributed by atoms with Gasteiger partial charge in [0.25, 0.3) is 0 Å². The van der Waals surface area contributed by atoms with Crippen LogP contribution in [0.15, 0.2) is 118 Å². The van der Waals surface area contributed by atoms with Gasteiger partial charge in [-0.15, -0.1) is 0 Å². The van der Waals surface area contributed by atoms with E-state index in [1.807, 2.05) is 12.1 Å². The first kappa shape index (κ1) is 19.3. The fourth-order valence-corrected chi connectivity index (χ4v) is 6.30. The number of para-hydroxylation sites is 2. The van der Waals surface area contributed by atoms with E-state index < -0.39 is 0 Å². The molecule has 0 bridgehead atoms. The zero-order valence-corrected chi connectivity index (χ0v) is 19.9. The average Bonchev–Trinajstić information content (AvgIpc) is 3.09. The fraction of sp³-hybridized carbons (Fsp3) is 0. The number of hydrogen-bond acceptors (Lipinski definition) is 3. The molecule has 29 heavy (non-hydrogen) atoms. The van der Waals surface area contributed by atoms with Gasteiger partial charge in [-0.05, 0) is 48.5 Å². The summed E-state index contributed by atoms with van der Waals surface area (Å²) in [6.45, 7) is 0. The maximum Gasteiger partial charge on any atom is 0.149 e. The molecule has 5 heteroatoms. The van der Waals surface area contributed by atoms with Gasteiger partial charge in [-0.1, -0.05) is 91.8 Å². The number of benzene rings is 4. The molecule has 0 aliphatic heterocycles. The van der Waals surface area contributed by atoms with Gasteiger partial charge in [-0.25, -0.2) is 0 Å². The highest BCUT2D eigenvalue weighted by Crippen LogP contribution is 2.42. The van der Waals surface area contributed by atoms with E-state index in [1.54, 1.807) is 23.5 Å². The van der Waals surface area contributed by atoms with Gasteiger partial charge in [0.15, 0.2) is 0 Å². The normalized spacial score (nSPS) is 11.4. The molecule has 0 atom stereocenters. The monoisotopic (exact) mass is 540 g/mol. The van der Waals surface area contributed by atoms with Crippen LogP contribution >= 0.6 is 55.4 Å². The molecule has 0 aliphatic rings. The standard InChI is InChI=1S/C24H14Br2OS2/c25-15-5-1-7-17(13-15)28-21-11-3-9-19-20-10-4-12-22(24(20)27-23(19)21)29-18-8-2-6-16(26)14-18/h1-14H. The summed E-state index contributed by atoms with van der Waals surface area (Å²) in [5.74, 6) is 0. The lowest BCUT2D eigenvalue weighted by Gasteiger charge is -2.03. The molecule has 4 aromatic carbocycles. The SMILES string of the molecule is Brc1cccc(Sc2cccc3c2oc2c(Sc4cccc(Br)c4)cccc23)c1. The summed E-state index contributed by atoms with van der Waals surface area (Å²) in [5.41, 5.74) is 1.88. The minimum Gasteiger partial charge on any atom is -0.454 e. The molecule has 0 radical (unpaired) electrons. The lowest BCUT2D eigenvalue weighted by atomic mass is 10.1. The number of hydrogen-bond donors (Lipinski definition) is 0. The van der Waals surface area contributed by atoms with Gasteiger partial charge in [0.1, 0.15) is 11.2 Å². The summed E-state index contributed by atoms with van der Waals surface area (Å²) in [7, 11) is 0. The zero-order valence-electron chi connectivity index (χ0n) is 15.1. The average molecular weight is 542 g/mol. The van der Waals surface area contributed by atoms with Crippen molar-refractivity contribution in [2.45, 2.75) is 19.6 Å². The molecular formula is C24H14Br2OS2. The van der Waals surface area contributed by atoms with E-state index in [4.69, 9.17) is 4.42 Å². The Kier molecular flexibility index (Phi) is 5.48. The highest BCUT2D eigenvalue weighted by atomic mass is 79.9. The molecule has 0 unspecified atom stereocenters. The van der Waals surface area contributed by atoms with Crippen molar-refractivity contribution in [1.29, 1.82) is 0 Å². The Morgan fingerprint density at radius 3 is 1.45 bits per heavy atom. The maximum absolute atomic E-state index is 6.45. The molecule has 5 rings (SSSR count). The Balaban J connectivity index is 1.61. The van der Waals surface area contributed by atoms with Gasteiger partial charge in [-0.2, -0.15) is 0 Å². The second-order valence-corrected chi connectivity index (χ2v) is 10.5. The largest absolute Gasteiger partial charge is 0.454 e. The third-order valence-electron chi connectivity index (χ3n) is 4.50. The topological polar surface area (TPSA) is 13.1 Å². The van der Waals surface area contributed by atoms with Crippen molar-refractivity contribution in [3.8, 4) is 0 Å². The Bertz CT molecular complexity index is 1240. The van der Waals surface area contributed by atoms with Crippen LogP contribution in [-0.4, -0.2) is 0 Å². The maximum atomic E-state index is 6.45. The van der Waals surface area contributed by atoms with Crippen LogP contribution in [0.4, 0.5) is 0 Å². The molecule has 0 amide bonds. The molecule has 5 aromatic rings. The number of fused-ring (bicyclic) bond motifs is 3. The molecule has 1 heterocycles. The summed E-state index contributed by atoms with van der Waals surface area (Å²) >= 11 is 10.6. The highest BCUT2D eigenvalue weighted by molar-refractivity contribution is 9.10. The van der Waals surface area contributed by atoms with Crippen LogP contribution in [0.3, 0.4) is 0 Å². The van der Waals surface area contributed by atoms with Crippen LogP contribution in [0.25, 0.3) is 21.9 Å². The Morgan fingerprint density at radius 1 is 0.552 bits per heavy atom. The molecule has 0 saturated carbocycles. The van der Waals surface area contributed by atoms with E-state index in [9.17, 15) is 0 Å². The summed E-state index contributed by atoms with van der Waals surface area (Å²) in [6.07, 6.45) is 0. The van der Waals surface area contributed by atoms with Crippen molar-refractivity contribution >= 4 is 77.3 Å². The lowest BCUT2D eigenvalue weighted by molar-refractivity contribution is 0.652. The predicted octanol–water partition coefficient (Wildman–Crippen LogP) is 9.41. The first-order valence-electron chi connectivity index (χ1n) is 8.98. The third kappa shape index (κ3) is 4.02. The molecule has 1 aromatic heterocycles. The third-order valence-corrected chi connectivity index (χ3v) is 7.55. The van der Waals surface area contributed by atoms with Crippen molar-refractivity contribution in [1.82, 2.24) is 0 Å². The molecule has 1 nitrogen and oxygen atoms in total. The molecule has 0 saturated heterocycles. The van der Waals surface area contributed by atoms with Gasteiger partial charge in [0, 0.05) is 29.5 Å². The van der Waals surface area contributed by atoms with Gasteiger partial charge in [-0.3, -0.25) is 0 Å². The Hall–Kier alpha value is -1.66. The van der Waals surface area contributed by atoms with Crippen molar-refractivity contribution in [3.63, 3.8) is 0 Å². The summed E-state index contributed by atoms with van der Waals surface area (Å²) in [6, 6.07) is 29.4. The second kappa shape index (κ2) is 8.23. The van der Waals surface area contributed by atoms with Crippen molar-refractivity contribution in [2.75, 3.05) is 0 Å². The predicted molar refractivity (Wildman–Crippen MR) is 130 cm³/mol. The molecule has 0 aliphatic carbocycles. The molecule has 0 N–H and O–H groups in total. The van der Waals surface area contributed by atoms with Crippen LogP contribution in [0.1, 0.15) is 0 Å². The molecule has 0 fully saturated rings.